The number of benzene rings is 2. The second kappa shape index (κ2) is 7.69. The molecule has 1 aromatic heterocycles. The summed E-state index contributed by atoms with van der Waals surface area (Å²) in [7, 11) is -1.54. The van der Waals surface area contributed by atoms with Gasteiger partial charge < -0.3 is 14.6 Å². The van der Waals surface area contributed by atoms with E-state index < -0.39 is 9.92 Å². The van der Waals surface area contributed by atoms with Crippen LogP contribution < -0.4 is 14.2 Å². The summed E-state index contributed by atoms with van der Waals surface area (Å²) >= 11 is 0. The lowest BCUT2D eigenvalue weighted by atomic mass is 10.2. The van der Waals surface area contributed by atoms with Gasteiger partial charge in [-0.25, -0.2) is 13.7 Å². The summed E-state index contributed by atoms with van der Waals surface area (Å²) in [5, 5.41) is 9.64. The topological polar surface area (TPSA) is 105 Å². The van der Waals surface area contributed by atoms with Gasteiger partial charge in [-0.15, -0.1) is 0 Å². The molecule has 3 aromatic rings. The number of hydrogen-bond donors (Lipinski definition) is 3. The summed E-state index contributed by atoms with van der Waals surface area (Å²) in [5.41, 5.74) is 0.751. The van der Waals surface area contributed by atoms with E-state index in [0.29, 0.717) is 22.1 Å². The van der Waals surface area contributed by atoms with E-state index >= 15 is 0 Å². The minimum atomic E-state index is -3.14. The number of nitrogens with zero attached hydrogens (tertiary/aromatic N) is 1. The van der Waals surface area contributed by atoms with Crippen molar-refractivity contribution in [1.82, 2.24) is 9.71 Å². The molecule has 3 N–H and O–H groups in total. The highest BCUT2D eigenvalue weighted by Gasteiger charge is 2.10. The van der Waals surface area contributed by atoms with Gasteiger partial charge in [-0.05, 0) is 42.5 Å². The Kier molecular flexibility index (Phi) is 5.36. The molecule has 7 nitrogen and oxygen atoms in total. The molecule has 0 aliphatic carbocycles. The van der Waals surface area contributed by atoms with Crippen LogP contribution in [0.4, 0.5) is 0 Å². The van der Waals surface area contributed by atoms with E-state index in [1.165, 1.54) is 0 Å². The highest BCUT2D eigenvalue weighted by atomic mass is 32.2. The van der Waals surface area contributed by atoms with Gasteiger partial charge >= 0.3 is 0 Å². The Hall–Kier alpha value is -2.68. The van der Waals surface area contributed by atoms with Gasteiger partial charge in [-0.3, -0.25) is 4.98 Å². The van der Waals surface area contributed by atoms with Crippen LogP contribution in [0.2, 0.25) is 0 Å². The van der Waals surface area contributed by atoms with E-state index in [1.807, 2.05) is 18.2 Å². The Balaban J connectivity index is 1.85. The van der Waals surface area contributed by atoms with Gasteiger partial charge in [0.05, 0.1) is 24.1 Å². The number of pyridine rings is 1. The normalized spacial score (nSPS) is 13.3. The van der Waals surface area contributed by atoms with Crippen LogP contribution in [0.15, 0.2) is 59.6 Å². The molecule has 0 saturated heterocycles. The number of aliphatic hydroxyl groups is 1. The lowest BCUT2D eigenvalue weighted by molar-refractivity contribution is 0.301. The quantitative estimate of drug-likeness (QED) is 0.591. The first-order valence-electron chi connectivity index (χ1n) is 7.88. The predicted molar refractivity (Wildman–Crippen MR) is 99.0 cm³/mol. The molecule has 0 fully saturated rings. The van der Waals surface area contributed by atoms with E-state index in [4.69, 9.17) is 19.4 Å². The van der Waals surface area contributed by atoms with Gasteiger partial charge in [0.15, 0.2) is 0 Å². The van der Waals surface area contributed by atoms with Crippen molar-refractivity contribution in [2.24, 2.45) is 0 Å². The minimum Gasteiger partial charge on any atom is -0.497 e. The van der Waals surface area contributed by atoms with Crippen LogP contribution in [0.3, 0.4) is 0 Å². The van der Waals surface area contributed by atoms with Crippen LogP contribution in [0, 0.1) is 4.78 Å². The van der Waals surface area contributed by atoms with Crippen molar-refractivity contribution < 1.29 is 18.8 Å². The average Bonchev–Trinajstić information content (AvgIpc) is 2.66. The van der Waals surface area contributed by atoms with Crippen LogP contribution in [-0.2, 0) is 9.92 Å². The fourth-order valence-electron chi connectivity index (χ4n) is 2.42. The molecule has 1 atom stereocenters. The molecule has 2 aromatic carbocycles. The molecule has 0 aliphatic heterocycles. The van der Waals surface area contributed by atoms with Crippen molar-refractivity contribution in [1.29, 1.82) is 4.78 Å². The zero-order valence-corrected chi connectivity index (χ0v) is 15.0. The summed E-state index contributed by atoms with van der Waals surface area (Å²) in [4.78, 5) is 4.64. The fraction of sp³-hybridized carbons (Fsp3) is 0.167. The lowest BCUT2D eigenvalue weighted by Crippen LogP contribution is -2.25. The second-order valence-corrected chi connectivity index (χ2v) is 7.31. The van der Waals surface area contributed by atoms with E-state index in [2.05, 4.69) is 9.71 Å². The Morgan fingerprint density at radius 1 is 1.15 bits per heavy atom. The minimum absolute atomic E-state index is 0.0903. The molecule has 1 heterocycles. The largest absolute Gasteiger partial charge is 0.497 e. The van der Waals surface area contributed by atoms with Crippen LogP contribution in [0.25, 0.3) is 10.9 Å². The summed E-state index contributed by atoms with van der Waals surface area (Å²) in [5.74, 6) is 1.90. The average molecular weight is 373 g/mol. The number of hydrogen-bond acceptors (Lipinski definition) is 6. The monoisotopic (exact) mass is 373 g/mol. The zero-order chi connectivity index (χ0) is 18.6. The van der Waals surface area contributed by atoms with Crippen molar-refractivity contribution in [3.05, 3.63) is 54.7 Å². The van der Waals surface area contributed by atoms with Crippen molar-refractivity contribution in [3.63, 3.8) is 0 Å². The number of nitrogens with one attached hydrogen (secondary N) is 2. The summed E-state index contributed by atoms with van der Waals surface area (Å²) in [6.07, 6.45) is 1.65. The highest BCUT2D eigenvalue weighted by Crippen LogP contribution is 2.31. The molecule has 8 heteroatoms. The standard InChI is InChI=1S/C18H19N3O4S/c1-24-14-4-7-16-17(12-14)20-9-8-18(16)25-13-2-5-15(6-3-13)26(19,23)21-10-11-22/h2-9,12,22H,10-11H2,1H3,(H2,19,21,23). The summed E-state index contributed by atoms with van der Waals surface area (Å²) < 4.78 is 33.7. The number of aromatic nitrogens is 1. The number of aliphatic hydroxyl groups excluding tert-OH is 1. The van der Waals surface area contributed by atoms with Gasteiger partial charge in [0, 0.05) is 24.2 Å². The predicted octanol–water partition coefficient (Wildman–Crippen LogP) is 2.94. The van der Waals surface area contributed by atoms with Gasteiger partial charge in [0.1, 0.15) is 27.2 Å². The Bertz CT molecular complexity index is 1000. The highest BCUT2D eigenvalue weighted by molar-refractivity contribution is 7.90. The second-order valence-electron chi connectivity index (χ2n) is 5.44. The summed E-state index contributed by atoms with van der Waals surface area (Å²) in [6, 6.07) is 13.7. The number of rotatable bonds is 7. The van der Waals surface area contributed by atoms with Crippen LogP contribution in [0.5, 0.6) is 17.2 Å². The third-order valence-corrected chi connectivity index (χ3v) is 5.26. The molecule has 0 amide bonds. The van der Waals surface area contributed by atoms with Gasteiger partial charge in [0.25, 0.3) is 0 Å². The molecule has 0 saturated carbocycles. The van der Waals surface area contributed by atoms with Gasteiger partial charge in [-0.1, -0.05) is 0 Å². The molecule has 0 spiro atoms. The third kappa shape index (κ3) is 3.93. The lowest BCUT2D eigenvalue weighted by Gasteiger charge is -2.11. The van der Waals surface area contributed by atoms with Crippen LogP contribution in [-0.4, -0.2) is 34.6 Å². The fourth-order valence-corrected chi connectivity index (χ4v) is 3.48. The molecule has 3 rings (SSSR count). The van der Waals surface area contributed by atoms with Crippen molar-refractivity contribution in [3.8, 4) is 17.2 Å². The molecule has 0 radical (unpaired) electrons. The summed E-state index contributed by atoms with van der Waals surface area (Å²) in [6.45, 7) is -0.0932. The third-order valence-electron chi connectivity index (χ3n) is 3.71. The molecule has 26 heavy (non-hydrogen) atoms. The Morgan fingerprint density at radius 2 is 1.88 bits per heavy atom. The van der Waals surface area contributed by atoms with Crippen molar-refractivity contribution in [2.75, 3.05) is 20.3 Å². The number of ether oxygens (including phenoxy) is 2. The van der Waals surface area contributed by atoms with Gasteiger partial charge in [-0.2, -0.15) is 0 Å². The van der Waals surface area contributed by atoms with E-state index in [-0.39, 0.29) is 13.2 Å². The molecular formula is C18H19N3O4S. The van der Waals surface area contributed by atoms with Crippen molar-refractivity contribution >= 4 is 20.8 Å². The maximum Gasteiger partial charge on any atom is 0.138 e. The van der Waals surface area contributed by atoms with Crippen LogP contribution in [0.1, 0.15) is 0 Å². The molecule has 0 aliphatic rings. The van der Waals surface area contributed by atoms with E-state index in [9.17, 15) is 4.21 Å². The van der Waals surface area contributed by atoms with Crippen LogP contribution >= 0.6 is 0 Å². The van der Waals surface area contributed by atoms with E-state index in [1.54, 1.807) is 43.6 Å². The first kappa shape index (κ1) is 18.1. The molecule has 0 bridgehead atoms. The van der Waals surface area contributed by atoms with Crippen molar-refractivity contribution in [2.45, 2.75) is 4.90 Å². The Morgan fingerprint density at radius 3 is 2.58 bits per heavy atom. The molecular weight excluding hydrogens is 354 g/mol. The van der Waals surface area contributed by atoms with E-state index in [0.717, 1.165) is 10.9 Å². The smallest absolute Gasteiger partial charge is 0.138 e. The first-order valence-corrected chi connectivity index (χ1v) is 9.44. The SMILES string of the molecule is COc1ccc2c(Oc3ccc(S(=N)(=O)NCCO)cc3)ccnc2c1. The maximum atomic E-state index is 12.2. The molecule has 136 valence electrons. The first-order chi connectivity index (χ1) is 12.5. The maximum absolute atomic E-state index is 12.2. The number of methoxy groups -OCH3 is 1. The van der Waals surface area contributed by atoms with Gasteiger partial charge in [0.2, 0.25) is 0 Å². The zero-order valence-electron chi connectivity index (χ0n) is 14.1. The number of fused-ring (bicyclic) bond motifs is 1. The Labute approximate surface area is 151 Å². The molecule has 1 unspecified atom stereocenters.